The van der Waals surface area contributed by atoms with E-state index in [2.05, 4.69) is 17.5 Å². The maximum Gasteiger partial charge on any atom is 0.233 e. The third kappa shape index (κ3) is 2.92. The smallest absolute Gasteiger partial charge is 0.233 e. The number of imide groups is 1. The van der Waals surface area contributed by atoms with Crippen LogP contribution in [-0.4, -0.2) is 28.7 Å². The molecule has 1 N–H and O–H groups in total. The van der Waals surface area contributed by atoms with Crippen molar-refractivity contribution < 1.29 is 14.4 Å². The molecule has 31 heavy (non-hydrogen) atoms. The van der Waals surface area contributed by atoms with E-state index in [1.807, 2.05) is 19.1 Å². The van der Waals surface area contributed by atoms with E-state index in [0.29, 0.717) is 48.2 Å². The van der Waals surface area contributed by atoms with Gasteiger partial charge in [0.15, 0.2) is 0 Å². The van der Waals surface area contributed by atoms with Crippen LogP contribution < -0.4 is 5.32 Å². The van der Waals surface area contributed by atoms with Crippen molar-refractivity contribution in [1.82, 2.24) is 4.90 Å². The number of carbonyl (C=O) groups is 3. The molecule has 4 fully saturated rings. The average molecular weight is 439 g/mol. The van der Waals surface area contributed by atoms with Crippen LogP contribution in [-0.2, 0) is 14.4 Å². The van der Waals surface area contributed by atoms with Gasteiger partial charge in [0.05, 0.1) is 11.8 Å². The van der Waals surface area contributed by atoms with E-state index < -0.39 is 0 Å². The Kier molecular flexibility index (Phi) is 4.37. The molecule has 5 aliphatic carbocycles. The van der Waals surface area contributed by atoms with Gasteiger partial charge in [0.1, 0.15) is 0 Å². The number of anilines is 1. The molecule has 5 nitrogen and oxygen atoms in total. The summed E-state index contributed by atoms with van der Waals surface area (Å²) in [6.45, 7) is 1.93. The van der Waals surface area contributed by atoms with Gasteiger partial charge in [0, 0.05) is 22.7 Å². The summed E-state index contributed by atoms with van der Waals surface area (Å²) in [5.74, 6) is 1.55. The van der Waals surface area contributed by atoms with E-state index in [0.717, 1.165) is 5.56 Å². The van der Waals surface area contributed by atoms with Crippen LogP contribution in [0.4, 0.5) is 5.69 Å². The first kappa shape index (κ1) is 19.5. The Bertz CT molecular complexity index is 976. The fourth-order valence-corrected chi connectivity index (χ4v) is 7.03. The number of aryl methyl sites for hydroxylation is 1. The lowest BCUT2D eigenvalue weighted by Crippen LogP contribution is -2.44. The minimum Gasteiger partial charge on any atom is -0.326 e. The van der Waals surface area contributed by atoms with Gasteiger partial charge in [0.25, 0.3) is 0 Å². The molecule has 0 aromatic heterocycles. The number of amides is 3. The Morgan fingerprint density at radius 3 is 2.19 bits per heavy atom. The number of hydrogen-bond acceptors (Lipinski definition) is 3. The second-order valence-electron chi connectivity index (χ2n) is 10.2. The van der Waals surface area contributed by atoms with Crippen molar-refractivity contribution in [2.45, 2.75) is 45.1 Å². The van der Waals surface area contributed by atoms with E-state index in [1.165, 1.54) is 6.42 Å². The number of allylic oxidation sites excluding steroid dienone is 2. The highest BCUT2D eigenvalue weighted by Gasteiger charge is 2.67. The Balaban J connectivity index is 1.11. The molecular formula is C25H27ClN2O3. The predicted molar refractivity (Wildman–Crippen MR) is 117 cm³/mol. The van der Waals surface area contributed by atoms with Crippen molar-refractivity contribution in [2.75, 3.05) is 5.32 Å². The fraction of sp³-hybridized carbons (Fsp3) is 0.560. The normalized spacial score (nSPS) is 40.0. The van der Waals surface area contributed by atoms with Crippen LogP contribution in [0.1, 0.15) is 37.7 Å². The first-order chi connectivity index (χ1) is 14.9. The van der Waals surface area contributed by atoms with E-state index >= 15 is 0 Å². The predicted octanol–water partition coefficient (Wildman–Crippen LogP) is 4.20. The van der Waals surface area contributed by atoms with E-state index in [4.69, 9.17) is 11.6 Å². The highest BCUT2D eigenvalue weighted by molar-refractivity contribution is 6.31. The van der Waals surface area contributed by atoms with Crippen molar-refractivity contribution >= 4 is 35.0 Å². The van der Waals surface area contributed by atoms with Gasteiger partial charge in [0.2, 0.25) is 17.7 Å². The van der Waals surface area contributed by atoms with Crippen LogP contribution >= 0.6 is 11.6 Å². The number of hydrogen-bond donors (Lipinski definition) is 1. The second kappa shape index (κ2) is 6.93. The molecule has 3 amide bonds. The SMILES string of the molecule is Cc1ccc(NC(=O)C2CCC(N3C(=O)[C@@H]4[C@@H]5C=C[C@H]([C@H]6C[C@H]56)[C@@H]4C3=O)CC2)cc1Cl. The van der Waals surface area contributed by atoms with Gasteiger partial charge in [-0.05, 0) is 80.4 Å². The number of likely N-dealkylation sites (tertiary alicyclic amines) is 1. The second-order valence-corrected chi connectivity index (χ2v) is 10.6. The van der Waals surface area contributed by atoms with Gasteiger partial charge in [-0.25, -0.2) is 0 Å². The number of halogens is 1. The number of rotatable bonds is 3. The maximum absolute atomic E-state index is 13.3. The Morgan fingerprint density at radius 1 is 1.00 bits per heavy atom. The van der Waals surface area contributed by atoms with Crippen molar-refractivity contribution in [1.29, 1.82) is 0 Å². The number of benzene rings is 1. The minimum absolute atomic E-state index is 0.00607. The molecule has 6 aliphatic rings. The van der Waals surface area contributed by atoms with E-state index in [9.17, 15) is 14.4 Å². The van der Waals surface area contributed by atoms with Crippen LogP contribution in [0.3, 0.4) is 0 Å². The van der Waals surface area contributed by atoms with Crippen LogP contribution in [0.5, 0.6) is 0 Å². The molecule has 6 heteroatoms. The summed E-state index contributed by atoms with van der Waals surface area (Å²) in [6.07, 6.45) is 8.42. The zero-order valence-corrected chi connectivity index (χ0v) is 18.3. The molecule has 1 saturated heterocycles. The summed E-state index contributed by atoms with van der Waals surface area (Å²) in [6, 6.07) is 5.47. The fourth-order valence-electron chi connectivity index (χ4n) is 6.85. The molecule has 3 saturated carbocycles. The molecule has 1 aliphatic heterocycles. The van der Waals surface area contributed by atoms with Gasteiger partial charge >= 0.3 is 0 Å². The highest BCUT2D eigenvalue weighted by Crippen LogP contribution is 2.65. The van der Waals surface area contributed by atoms with Crippen molar-refractivity contribution in [3.8, 4) is 0 Å². The largest absolute Gasteiger partial charge is 0.326 e. The zero-order valence-electron chi connectivity index (χ0n) is 17.6. The van der Waals surface area contributed by atoms with Crippen molar-refractivity contribution in [3.05, 3.63) is 40.9 Å². The number of carbonyl (C=O) groups excluding carboxylic acids is 3. The summed E-state index contributed by atoms with van der Waals surface area (Å²) >= 11 is 6.17. The van der Waals surface area contributed by atoms with Gasteiger partial charge < -0.3 is 5.32 Å². The molecule has 2 bridgehead atoms. The molecule has 7 rings (SSSR count). The van der Waals surface area contributed by atoms with Crippen LogP contribution in [0, 0.1) is 48.3 Å². The van der Waals surface area contributed by atoms with Gasteiger partial charge in [-0.2, -0.15) is 0 Å². The molecule has 1 aromatic rings. The van der Waals surface area contributed by atoms with E-state index in [1.54, 1.807) is 11.0 Å². The summed E-state index contributed by atoms with van der Waals surface area (Å²) in [5, 5.41) is 3.61. The zero-order chi connectivity index (χ0) is 21.4. The first-order valence-electron chi connectivity index (χ1n) is 11.6. The van der Waals surface area contributed by atoms with Crippen LogP contribution in [0.15, 0.2) is 30.4 Å². The summed E-state index contributed by atoms with van der Waals surface area (Å²) in [5.41, 5.74) is 1.68. The van der Waals surface area contributed by atoms with Gasteiger partial charge in [-0.1, -0.05) is 29.8 Å². The number of nitrogens with zero attached hydrogens (tertiary/aromatic N) is 1. The quantitative estimate of drug-likeness (QED) is 0.568. The maximum atomic E-state index is 13.3. The molecule has 0 unspecified atom stereocenters. The molecular weight excluding hydrogens is 412 g/mol. The van der Waals surface area contributed by atoms with Gasteiger partial charge in [-0.15, -0.1) is 0 Å². The lowest BCUT2D eigenvalue weighted by atomic mass is 9.63. The highest BCUT2D eigenvalue weighted by atomic mass is 35.5. The van der Waals surface area contributed by atoms with Crippen molar-refractivity contribution in [2.24, 2.45) is 41.4 Å². The van der Waals surface area contributed by atoms with Crippen LogP contribution in [0.2, 0.25) is 5.02 Å². The van der Waals surface area contributed by atoms with E-state index in [-0.39, 0.29) is 53.4 Å². The Hall–Kier alpha value is -2.14. The molecule has 0 radical (unpaired) electrons. The lowest BCUT2D eigenvalue weighted by Gasteiger charge is -2.37. The standard InChI is InChI=1S/C25H27ClN2O3/c1-12-2-5-14(10-20(12)26)27-23(29)13-3-6-15(7-4-13)28-24(30)21-16-8-9-17(19-11-18(16)19)22(21)25(28)31/h2,5,8-10,13,15-19,21-22H,3-4,6-7,11H2,1H3,(H,27,29)/t13?,15?,16-,17-,18-,19-,21-,22+/m1/s1. The topological polar surface area (TPSA) is 66.5 Å². The summed E-state index contributed by atoms with van der Waals surface area (Å²) < 4.78 is 0. The van der Waals surface area contributed by atoms with Crippen molar-refractivity contribution in [3.63, 3.8) is 0 Å². The minimum atomic E-state index is -0.126. The average Bonchev–Trinajstić information content (AvgIpc) is 3.54. The Morgan fingerprint density at radius 2 is 1.61 bits per heavy atom. The monoisotopic (exact) mass is 438 g/mol. The first-order valence-corrected chi connectivity index (χ1v) is 11.9. The molecule has 1 heterocycles. The lowest BCUT2D eigenvalue weighted by molar-refractivity contribution is -0.144. The summed E-state index contributed by atoms with van der Waals surface area (Å²) in [7, 11) is 0. The number of nitrogens with one attached hydrogen (secondary N) is 1. The third-order valence-electron chi connectivity index (χ3n) is 8.57. The Labute approximate surface area is 187 Å². The molecule has 6 atom stereocenters. The van der Waals surface area contributed by atoms with Gasteiger partial charge in [-0.3, -0.25) is 19.3 Å². The van der Waals surface area contributed by atoms with Crippen LogP contribution in [0.25, 0.3) is 0 Å². The molecule has 0 spiro atoms. The summed E-state index contributed by atoms with van der Waals surface area (Å²) in [4.78, 5) is 41.0. The molecule has 1 aromatic carbocycles. The third-order valence-corrected chi connectivity index (χ3v) is 8.98. The molecule has 162 valence electrons.